The van der Waals surface area contributed by atoms with Gasteiger partial charge in [-0.25, -0.2) is 5.90 Å². The van der Waals surface area contributed by atoms with E-state index in [1.165, 1.54) is 0 Å². The van der Waals surface area contributed by atoms with Crippen LogP contribution in [-0.2, 0) is 9.63 Å². The van der Waals surface area contributed by atoms with Crippen molar-refractivity contribution in [1.29, 1.82) is 0 Å². The molecule has 0 saturated heterocycles. The zero-order chi connectivity index (χ0) is 6.57. The Bertz CT molecular complexity index is 84.6. The molecule has 0 amide bonds. The van der Waals surface area contributed by atoms with E-state index in [1.807, 2.05) is 0 Å². The predicted molar refractivity (Wildman–Crippen MR) is 25.8 cm³/mol. The molecule has 0 heterocycles. The van der Waals surface area contributed by atoms with Crippen molar-refractivity contribution in [3.8, 4) is 0 Å². The van der Waals surface area contributed by atoms with Gasteiger partial charge in [-0.3, -0.25) is 4.79 Å². The molecule has 0 unspecified atom stereocenters. The maximum atomic E-state index is 9.83. The molecule has 1 atom stereocenters. The molecule has 0 aromatic carbocycles. The number of nitrogens with two attached hydrogens (primary N) is 2. The van der Waals surface area contributed by atoms with Gasteiger partial charge < -0.3 is 15.7 Å². The smallest absolute Gasteiger partial charge is 0.322 e. The van der Waals surface area contributed by atoms with Crippen molar-refractivity contribution in [3.63, 3.8) is 0 Å². The minimum Gasteiger partial charge on any atom is -0.480 e. The van der Waals surface area contributed by atoms with Crippen molar-refractivity contribution in [1.82, 2.24) is 0 Å². The van der Waals surface area contributed by atoms with E-state index in [0.717, 1.165) is 0 Å². The number of hydrogen-bond acceptors (Lipinski definition) is 4. The maximum absolute atomic E-state index is 9.83. The summed E-state index contributed by atoms with van der Waals surface area (Å²) < 4.78 is 0. The fourth-order valence-electron chi connectivity index (χ4n) is 0.175. The van der Waals surface area contributed by atoms with Crippen LogP contribution >= 0.6 is 0 Å². The zero-order valence-electron chi connectivity index (χ0n) is 4.20. The van der Waals surface area contributed by atoms with E-state index in [2.05, 4.69) is 10.7 Å². The summed E-state index contributed by atoms with van der Waals surface area (Å²) in [6, 6.07) is -1.01. The van der Waals surface area contributed by atoms with Gasteiger partial charge in [0.1, 0.15) is 6.04 Å². The third-order valence-electron chi connectivity index (χ3n) is 0.593. The largest absolute Gasteiger partial charge is 0.480 e. The second kappa shape index (κ2) is 3.36. The summed E-state index contributed by atoms with van der Waals surface area (Å²) in [5, 5.41) is 8.05. The van der Waals surface area contributed by atoms with Crippen molar-refractivity contribution in [2.45, 2.75) is 6.04 Å². The molecule has 0 bridgehead atoms. The van der Waals surface area contributed by atoms with E-state index < -0.39 is 12.0 Å². The molecule has 0 aliphatic rings. The summed E-state index contributed by atoms with van der Waals surface area (Å²) in [4.78, 5) is 13.8. The predicted octanol–water partition coefficient (Wildman–Crippen LogP) is -1.71. The van der Waals surface area contributed by atoms with Crippen molar-refractivity contribution >= 4 is 5.97 Å². The summed E-state index contributed by atoms with van der Waals surface area (Å²) in [5.74, 6) is 3.41. The van der Waals surface area contributed by atoms with Gasteiger partial charge >= 0.3 is 5.97 Å². The molecule has 0 aliphatic heterocycles. The quantitative estimate of drug-likeness (QED) is 0.385. The Labute approximate surface area is 46.2 Å². The molecule has 5 N–H and O–H groups in total. The van der Waals surface area contributed by atoms with Crippen molar-refractivity contribution in [2.75, 3.05) is 6.61 Å². The Morgan fingerprint density at radius 3 is 2.50 bits per heavy atom. The van der Waals surface area contributed by atoms with Crippen LogP contribution in [0, 0.1) is 0 Å². The van der Waals surface area contributed by atoms with Gasteiger partial charge in [0, 0.05) is 0 Å². The minimum absolute atomic E-state index is 0.157. The first kappa shape index (κ1) is 7.35. The first-order valence-corrected chi connectivity index (χ1v) is 1.98. The lowest BCUT2D eigenvalue weighted by Crippen LogP contribution is -2.35. The van der Waals surface area contributed by atoms with E-state index in [0.29, 0.717) is 0 Å². The molecule has 0 aromatic rings. The van der Waals surface area contributed by atoms with Crippen molar-refractivity contribution < 1.29 is 14.7 Å². The Balaban J connectivity index is 3.32. The molecular formula is C3H8N2O3. The second-order valence-electron chi connectivity index (χ2n) is 1.28. The van der Waals surface area contributed by atoms with Gasteiger partial charge in [-0.15, -0.1) is 0 Å². The van der Waals surface area contributed by atoms with E-state index in [4.69, 9.17) is 10.8 Å². The number of carbonyl (C=O) groups is 1. The molecule has 0 rings (SSSR count). The zero-order valence-corrected chi connectivity index (χ0v) is 4.20. The van der Waals surface area contributed by atoms with Gasteiger partial charge in [-0.05, 0) is 0 Å². The molecular weight excluding hydrogens is 112 g/mol. The van der Waals surface area contributed by atoms with Crippen LogP contribution < -0.4 is 11.6 Å². The molecule has 0 aromatic heterocycles. The van der Waals surface area contributed by atoms with Crippen LogP contribution in [0.15, 0.2) is 0 Å². The van der Waals surface area contributed by atoms with Gasteiger partial charge in [0.25, 0.3) is 0 Å². The highest BCUT2D eigenvalue weighted by Gasteiger charge is 2.09. The normalized spacial score (nSPS) is 13.2. The number of carboxylic acids is 1. The molecule has 0 saturated carbocycles. The van der Waals surface area contributed by atoms with Crippen LogP contribution in [0.2, 0.25) is 0 Å². The molecule has 0 spiro atoms. The SMILES string of the molecule is NOC[C@H](N)C(=O)O. The molecule has 0 fully saturated rings. The molecule has 0 radical (unpaired) electrons. The summed E-state index contributed by atoms with van der Waals surface area (Å²) in [6.07, 6.45) is 0. The summed E-state index contributed by atoms with van der Waals surface area (Å²) in [7, 11) is 0. The molecule has 8 heavy (non-hydrogen) atoms. The van der Waals surface area contributed by atoms with E-state index in [1.54, 1.807) is 0 Å². The standard InChI is InChI=1S/C3H8N2O3/c4-2(1-8-5)3(6)7/h2H,1,4-5H2,(H,6,7)/t2-/m0/s1. The highest BCUT2D eigenvalue weighted by molar-refractivity contribution is 5.73. The van der Waals surface area contributed by atoms with Gasteiger partial charge in [-0.2, -0.15) is 0 Å². The minimum atomic E-state index is -1.12. The van der Waals surface area contributed by atoms with Crippen LogP contribution in [0.1, 0.15) is 0 Å². The molecule has 0 aliphatic carbocycles. The number of rotatable bonds is 3. The maximum Gasteiger partial charge on any atom is 0.322 e. The topological polar surface area (TPSA) is 98.6 Å². The Kier molecular flexibility index (Phi) is 3.09. The van der Waals surface area contributed by atoms with Gasteiger partial charge in [0.05, 0.1) is 6.61 Å². The third kappa shape index (κ3) is 2.51. The first-order valence-electron chi connectivity index (χ1n) is 1.98. The van der Waals surface area contributed by atoms with Crippen LogP contribution in [0.5, 0.6) is 0 Å². The fourth-order valence-corrected chi connectivity index (χ4v) is 0.175. The lowest BCUT2D eigenvalue weighted by atomic mass is 10.3. The van der Waals surface area contributed by atoms with Crippen molar-refractivity contribution in [2.24, 2.45) is 11.6 Å². The summed E-state index contributed by atoms with van der Waals surface area (Å²) in [6.45, 7) is -0.157. The average molecular weight is 120 g/mol. The molecule has 48 valence electrons. The van der Waals surface area contributed by atoms with Crippen LogP contribution in [0.3, 0.4) is 0 Å². The van der Waals surface area contributed by atoms with Gasteiger partial charge in [-0.1, -0.05) is 0 Å². The fraction of sp³-hybridized carbons (Fsp3) is 0.667. The number of aliphatic carboxylic acids is 1. The lowest BCUT2D eigenvalue weighted by Gasteiger charge is -2.00. The van der Waals surface area contributed by atoms with Gasteiger partial charge in [0.2, 0.25) is 0 Å². The highest BCUT2D eigenvalue weighted by Crippen LogP contribution is 1.75. The van der Waals surface area contributed by atoms with Crippen LogP contribution in [0.25, 0.3) is 0 Å². The lowest BCUT2D eigenvalue weighted by molar-refractivity contribution is -0.140. The van der Waals surface area contributed by atoms with E-state index >= 15 is 0 Å². The number of carboxylic acid groups (broad SMARTS) is 1. The summed E-state index contributed by atoms with van der Waals surface area (Å²) in [5.41, 5.74) is 4.92. The molecule has 5 heteroatoms. The second-order valence-corrected chi connectivity index (χ2v) is 1.28. The van der Waals surface area contributed by atoms with Crippen LogP contribution in [-0.4, -0.2) is 23.7 Å². The Morgan fingerprint density at radius 1 is 1.88 bits per heavy atom. The number of hydrogen-bond donors (Lipinski definition) is 3. The third-order valence-corrected chi connectivity index (χ3v) is 0.593. The summed E-state index contributed by atoms with van der Waals surface area (Å²) >= 11 is 0. The Morgan fingerprint density at radius 2 is 2.38 bits per heavy atom. The van der Waals surface area contributed by atoms with Gasteiger partial charge in [0.15, 0.2) is 0 Å². The van der Waals surface area contributed by atoms with Crippen molar-refractivity contribution in [3.05, 3.63) is 0 Å². The highest BCUT2D eigenvalue weighted by atomic mass is 16.6. The monoisotopic (exact) mass is 120 g/mol. The first-order chi connectivity index (χ1) is 3.68. The van der Waals surface area contributed by atoms with E-state index in [-0.39, 0.29) is 6.61 Å². The van der Waals surface area contributed by atoms with Crippen LogP contribution in [0.4, 0.5) is 0 Å². The molecule has 5 nitrogen and oxygen atoms in total. The van der Waals surface area contributed by atoms with E-state index in [9.17, 15) is 4.79 Å². The average Bonchev–Trinajstić information content (AvgIpc) is 1.67. The Hall–Kier alpha value is -0.650.